The van der Waals surface area contributed by atoms with E-state index >= 15 is 0 Å². The van der Waals surface area contributed by atoms with Crippen molar-refractivity contribution in [1.82, 2.24) is 0 Å². The van der Waals surface area contributed by atoms with E-state index in [1.807, 2.05) is 6.07 Å². The minimum absolute atomic E-state index is 0. The summed E-state index contributed by atoms with van der Waals surface area (Å²) in [5.41, 5.74) is 0.701. The normalized spacial score (nSPS) is 8.22. The van der Waals surface area contributed by atoms with Gasteiger partial charge in [-0.05, 0) is 18.6 Å². The number of hydrogen-bond donors (Lipinski definition) is 0. The van der Waals surface area contributed by atoms with Crippen molar-refractivity contribution < 1.29 is 4.39 Å². The molecule has 0 nitrogen and oxygen atoms in total. The average Bonchev–Trinajstić information content (AvgIpc) is 1.77. The number of rotatable bonds is 0. The molecule has 0 bridgehead atoms. The molecule has 0 saturated carbocycles. The van der Waals surface area contributed by atoms with Gasteiger partial charge < -0.3 is 0 Å². The molecule has 0 spiro atoms. The van der Waals surface area contributed by atoms with Crippen molar-refractivity contribution in [2.24, 2.45) is 0 Å². The first-order valence-corrected chi connectivity index (χ1v) is 2.52. The molecule has 0 aliphatic heterocycles. The van der Waals surface area contributed by atoms with Gasteiger partial charge in [-0.1, -0.05) is 25.6 Å². The predicted octanol–water partition coefficient (Wildman–Crippen LogP) is 2.77. The van der Waals surface area contributed by atoms with Gasteiger partial charge in [-0.25, -0.2) is 4.39 Å². The smallest absolute Gasteiger partial charge is 0.126 e. The summed E-state index contributed by atoms with van der Waals surface area (Å²) in [6.07, 6.45) is 0. The molecule has 50 valence electrons. The van der Waals surface area contributed by atoms with Crippen molar-refractivity contribution in [1.29, 1.82) is 0 Å². The van der Waals surface area contributed by atoms with E-state index in [0.717, 1.165) is 0 Å². The fourth-order valence-electron chi connectivity index (χ4n) is 0.551. The first-order chi connectivity index (χ1) is 3.80. The van der Waals surface area contributed by atoms with Crippen LogP contribution in [0.1, 0.15) is 13.0 Å². The lowest BCUT2D eigenvalue weighted by Gasteiger charge is -1.89. The lowest BCUT2D eigenvalue weighted by Crippen LogP contribution is -1.76. The molecule has 1 aromatic rings. The van der Waals surface area contributed by atoms with Crippen LogP contribution in [0.4, 0.5) is 4.39 Å². The van der Waals surface area contributed by atoms with Gasteiger partial charge in [0.15, 0.2) is 0 Å². The molecule has 1 heteroatoms. The molecule has 0 heterocycles. The Morgan fingerprint density at radius 2 is 1.78 bits per heavy atom. The summed E-state index contributed by atoms with van der Waals surface area (Å²) >= 11 is 0. The Morgan fingerprint density at radius 1 is 1.22 bits per heavy atom. The third-order valence-electron chi connectivity index (χ3n) is 1.08. The van der Waals surface area contributed by atoms with Gasteiger partial charge in [0.1, 0.15) is 5.82 Å². The van der Waals surface area contributed by atoms with Gasteiger partial charge in [-0.3, -0.25) is 0 Å². The van der Waals surface area contributed by atoms with Crippen LogP contribution >= 0.6 is 0 Å². The van der Waals surface area contributed by atoms with Crippen LogP contribution in [0.3, 0.4) is 0 Å². The molecule has 0 amide bonds. The average molecular weight is 126 g/mol. The van der Waals surface area contributed by atoms with E-state index in [1.165, 1.54) is 6.07 Å². The lowest BCUT2D eigenvalue weighted by molar-refractivity contribution is 0.618. The molecule has 0 atom stereocenters. The number of hydrogen-bond acceptors (Lipinski definition) is 0. The molecule has 0 unspecified atom stereocenters. The molecule has 0 aromatic heterocycles. The number of benzene rings is 1. The van der Waals surface area contributed by atoms with E-state index in [4.69, 9.17) is 0 Å². The summed E-state index contributed by atoms with van der Waals surface area (Å²) in [6, 6.07) is 6.70. The zero-order valence-electron chi connectivity index (χ0n) is 4.69. The highest BCUT2D eigenvalue weighted by atomic mass is 19.1. The molecule has 0 fully saturated rings. The van der Waals surface area contributed by atoms with Crippen LogP contribution in [-0.4, -0.2) is 0 Å². The number of aryl methyl sites for hydroxylation is 1. The zero-order valence-corrected chi connectivity index (χ0v) is 4.69. The Balaban J connectivity index is 0.000000640. The van der Waals surface area contributed by atoms with Crippen LogP contribution < -0.4 is 0 Å². The highest BCUT2D eigenvalue weighted by Gasteiger charge is 1.88. The van der Waals surface area contributed by atoms with Gasteiger partial charge in [-0.15, -0.1) is 0 Å². The molecule has 0 N–H and O–H groups in total. The molecule has 0 aliphatic carbocycles. The summed E-state index contributed by atoms with van der Waals surface area (Å²) in [7, 11) is 0. The van der Waals surface area contributed by atoms with Gasteiger partial charge in [0.05, 0.1) is 0 Å². The Labute approximate surface area is 55.3 Å². The maximum atomic E-state index is 12.3. The van der Waals surface area contributed by atoms with Crippen molar-refractivity contribution in [2.75, 3.05) is 0 Å². The SMILES string of the molecule is C.Cc1ccccc1F. The van der Waals surface area contributed by atoms with Crippen LogP contribution in [0.5, 0.6) is 0 Å². The van der Waals surface area contributed by atoms with E-state index in [0.29, 0.717) is 5.56 Å². The molecule has 1 aromatic carbocycles. The quantitative estimate of drug-likeness (QED) is 0.501. The molecule has 9 heavy (non-hydrogen) atoms. The maximum Gasteiger partial charge on any atom is 0.126 e. The highest BCUT2D eigenvalue weighted by Crippen LogP contribution is 2.01. The van der Waals surface area contributed by atoms with Gasteiger partial charge in [-0.2, -0.15) is 0 Å². The Kier molecular flexibility index (Phi) is 2.93. The van der Waals surface area contributed by atoms with Crippen molar-refractivity contribution in [3.8, 4) is 0 Å². The van der Waals surface area contributed by atoms with Crippen molar-refractivity contribution in [3.05, 3.63) is 35.6 Å². The summed E-state index contributed by atoms with van der Waals surface area (Å²) in [6.45, 7) is 1.75. The van der Waals surface area contributed by atoms with Crippen molar-refractivity contribution in [3.63, 3.8) is 0 Å². The molecule has 1 rings (SSSR count). The minimum Gasteiger partial charge on any atom is -0.207 e. The Morgan fingerprint density at radius 3 is 2.11 bits per heavy atom. The number of halogens is 1. The van der Waals surface area contributed by atoms with Gasteiger partial charge in [0, 0.05) is 0 Å². The van der Waals surface area contributed by atoms with Crippen LogP contribution in [0.25, 0.3) is 0 Å². The lowest BCUT2D eigenvalue weighted by atomic mass is 10.2. The Bertz CT molecular complexity index is 161. The zero-order chi connectivity index (χ0) is 5.98. The first kappa shape index (κ1) is 8.15. The third-order valence-corrected chi connectivity index (χ3v) is 1.08. The second-order valence-corrected chi connectivity index (χ2v) is 1.75. The molecular formula is C8H11F. The molecule has 0 aliphatic rings. The van der Waals surface area contributed by atoms with Crippen LogP contribution in [0.15, 0.2) is 24.3 Å². The second-order valence-electron chi connectivity index (χ2n) is 1.75. The van der Waals surface area contributed by atoms with E-state index in [-0.39, 0.29) is 13.2 Å². The minimum atomic E-state index is -0.132. The summed E-state index contributed by atoms with van der Waals surface area (Å²) in [5, 5.41) is 0. The third kappa shape index (κ3) is 1.84. The largest absolute Gasteiger partial charge is 0.207 e. The maximum absolute atomic E-state index is 12.3. The summed E-state index contributed by atoms with van der Waals surface area (Å²) in [4.78, 5) is 0. The topological polar surface area (TPSA) is 0 Å². The second kappa shape index (κ2) is 3.23. The molecular weight excluding hydrogens is 115 g/mol. The molecule has 0 saturated heterocycles. The van der Waals surface area contributed by atoms with E-state index in [2.05, 4.69) is 0 Å². The monoisotopic (exact) mass is 126 g/mol. The van der Waals surface area contributed by atoms with E-state index in [9.17, 15) is 4.39 Å². The van der Waals surface area contributed by atoms with E-state index in [1.54, 1.807) is 19.1 Å². The summed E-state index contributed by atoms with van der Waals surface area (Å²) in [5.74, 6) is -0.132. The summed E-state index contributed by atoms with van der Waals surface area (Å²) < 4.78 is 12.3. The predicted molar refractivity (Wildman–Crippen MR) is 37.9 cm³/mol. The first-order valence-electron chi connectivity index (χ1n) is 2.52. The fraction of sp³-hybridized carbons (Fsp3) is 0.250. The highest BCUT2D eigenvalue weighted by molar-refractivity contribution is 5.14. The van der Waals surface area contributed by atoms with Crippen LogP contribution in [0.2, 0.25) is 0 Å². The van der Waals surface area contributed by atoms with Gasteiger partial charge >= 0.3 is 0 Å². The fourth-order valence-corrected chi connectivity index (χ4v) is 0.551. The van der Waals surface area contributed by atoms with Crippen molar-refractivity contribution in [2.45, 2.75) is 14.4 Å². The van der Waals surface area contributed by atoms with Crippen LogP contribution in [0, 0.1) is 12.7 Å². The Hall–Kier alpha value is -0.850. The van der Waals surface area contributed by atoms with Gasteiger partial charge in [0.2, 0.25) is 0 Å². The van der Waals surface area contributed by atoms with Crippen molar-refractivity contribution >= 4 is 0 Å². The molecule has 0 radical (unpaired) electrons. The van der Waals surface area contributed by atoms with E-state index < -0.39 is 0 Å². The van der Waals surface area contributed by atoms with Crippen LogP contribution in [-0.2, 0) is 0 Å². The van der Waals surface area contributed by atoms with Gasteiger partial charge in [0.25, 0.3) is 0 Å². The standard InChI is InChI=1S/C7H7F.CH4/c1-6-4-2-3-5-7(6)8;/h2-5H,1H3;1H4.